The first-order valence-electron chi connectivity index (χ1n) is 5.26. The quantitative estimate of drug-likeness (QED) is 0.807. The van der Waals surface area contributed by atoms with Crippen molar-refractivity contribution in [3.63, 3.8) is 0 Å². The summed E-state index contributed by atoms with van der Waals surface area (Å²) in [5, 5.41) is 0. The van der Waals surface area contributed by atoms with Crippen LogP contribution in [0.25, 0.3) is 5.57 Å². The molecular formula is C13H18FN. The van der Waals surface area contributed by atoms with Crippen molar-refractivity contribution in [2.75, 3.05) is 0 Å². The van der Waals surface area contributed by atoms with E-state index in [1.807, 2.05) is 19.9 Å². The number of rotatable bonds is 3. The van der Waals surface area contributed by atoms with Crippen LogP contribution in [-0.2, 0) is 6.54 Å². The second-order valence-electron chi connectivity index (χ2n) is 3.76. The fourth-order valence-electron chi connectivity index (χ4n) is 1.71. The summed E-state index contributed by atoms with van der Waals surface area (Å²) in [6.45, 7) is 6.31. The molecule has 0 fully saturated rings. The standard InChI is InChI=1S/C13H18FN/c1-4-5-9(2)12-7-11(8-15)13(14)6-10(12)3/h5-7H,4,8,15H2,1-3H3/b9-5-. The molecule has 1 aromatic carbocycles. The Hall–Kier alpha value is -1.15. The highest BCUT2D eigenvalue weighted by Crippen LogP contribution is 2.22. The van der Waals surface area contributed by atoms with E-state index in [2.05, 4.69) is 13.0 Å². The average molecular weight is 207 g/mol. The second kappa shape index (κ2) is 5.08. The van der Waals surface area contributed by atoms with Crippen molar-refractivity contribution >= 4 is 5.57 Å². The van der Waals surface area contributed by atoms with Crippen molar-refractivity contribution in [2.24, 2.45) is 5.73 Å². The van der Waals surface area contributed by atoms with Crippen molar-refractivity contribution in [1.82, 2.24) is 0 Å². The molecule has 0 heterocycles. The van der Waals surface area contributed by atoms with E-state index in [1.54, 1.807) is 6.07 Å². The topological polar surface area (TPSA) is 26.0 Å². The molecule has 82 valence electrons. The zero-order valence-electron chi connectivity index (χ0n) is 9.60. The second-order valence-corrected chi connectivity index (χ2v) is 3.76. The lowest BCUT2D eigenvalue weighted by Gasteiger charge is -2.09. The third-order valence-electron chi connectivity index (χ3n) is 2.55. The van der Waals surface area contributed by atoms with E-state index in [0.717, 1.165) is 17.5 Å². The van der Waals surface area contributed by atoms with Crippen LogP contribution < -0.4 is 5.73 Å². The van der Waals surface area contributed by atoms with Crippen LogP contribution in [-0.4, -0.2) is 0 Å². The third kappa shape index (κ3) is 2.66. The normalized spacial score (nSPS) is 11.9. The largest absolute Gasteiger partial charge is 0.326 e. The molecule has 0 aliphatic carbocycles. The molecule has 0 radical (unpaired) electrons. The van der Waals surface area contributed by atoms with Gasteiger partial charge >= 0.3 is 0 Å². The van der Waals surface area contributed by atoms with Gasteiger partial charge in [-0.2, -0.15) is 0 Å². The van der Waals surface area contributed by atoms with Gasteiger partial charge in [-0.1, -0.05) is 13.0 Å². The molecule has 0 saturated carbocycles. The number of hydrogen-bond donors (Lipinski definition) is 1. The summed E-state index contributed by atoms with van der Waals surface area (Å²) in [5.41, 5.74) is 9.31. The molecule has 0 aliphatic heterocycles. The fourth-order valence-corrected chi connectivity index (χ4v) is 1.71. The summed E-state index contributed by atoms with van der Waals surface area (Å²) < 4.78 is 13.4. The van der Waals surface area contributed by atoms with Gasteiger partial charge in [-0.25, -0.2) is 4.39 Å². The predicted octanol–water partition coefficient (Wildman–Crippen LogP) is 3.41. The van der Waals surface area contributed by atoms with Crippen LogP contribution in [0.2, 0.25) is 0 Å². The van der Waals surface area contributed by atoms with Crippen LogP contribution in [0.15, 0.2) is 18.2 Å². The monoisotopic (exact) mass is 207 g/mol. The minimum absolute atomic E-state index is 0.206. The van der Waals surface area contributed by atoms with Gasteiger partial charge in [0.1, 0.15) is 5.82 Å². The highest BCUT2D eigenvalue weighted by molar-refractivity contribution is 5.67. The van der Waals surface area contributed by atoms with E-state index in [9.17, 15) is 4.39 Å². The molecule has 1 aromatic rings. The molecule has 0 unspecified atom stereocenters. The minimum atomic E-state index is -0.206. The zero-order valence-corrected chi connectivity index (χ0v) is 9.60. The van der Waals surface area contributed by atoms with Crippen LogP contribution >= 0.6 is 0 Å². The molecule has 2 heteroatoms. The minimum Gasteiger partial charge on any atom is -0.326 e. The highest BCUT2D eigenvalue weighted by Gasteiger charge is 2.06. The number of nitrogens with two attached hydrogens (primary N) is 1. The fraction of sp³-hybridized carbons (Fsp3) is 0.385. The smallest absolute Gasteiger partial charge is 0.127 e. The number of benzene rings is 1. The molecular weight excluding hydrogens is 189 g/mol. The predicted molar refractivity (Wildman–Crippen MR) is 63.0 cm³/mol. The van der Waals surface area contributed by atoms with E-state index in [-0.39, 0.29) is 12.4 Å². The molecule has 15 heavy (non-hydrogen) atoms. The number of allylic oxidation sites excluding steroid dienone is 2. The molecule has 1 rings (SSSR count). The molecule has 0 spiro atoms. The Morgan fingerprint density at radius 3 is 2.67 bits per heavy atom. The Labute approximate surface area is 90.8 Å². The molecule has 0 aromatic heterocycles. The summed E-state index contributed by atoms with van der Waals surface area (Å²) in [6.07, 6.45) is 3.13. The Balaban J connectivity index is 3.24. The Kier molecular flexibility index (Phi) is 4.04. The van der Waals surface area contributed by atoms with Crippen molar-refractivity contribution in [2.45, 2.75) is 33.7 Å². The van der Waals surface area contributed by atoms with Gasteiger partial charge in [-0.3, -0.25) is 0 Å². The highest BCUT2D eigenvalue weighted by atomic mass is 19.1. The summed E-state index contributed by atoms with van der Waals surface area (Å²) in [5.74, 6) is -0.206. The summed E-state index contributed by atoms with van der Waals surface area (Å²) >= 11 is 0. The Bertz CT molecular complexity index is 380. The van der Waals surface area contributed by atoms with E-state index >= 15 is 0 Å². The van der Waals surface area contributed by atoms with Crippen molar-refractivity contribution in [3.8, 4) is 0 Å². The first-order chi connectivity index (χ1) is 7.10. The molecule has 1 nitrogen and oxygen atoms in total. The van der Waals surface area contributed by atoms with Gasteiger partial charge in [-0.15, -0.1) is 0 Å². The summed E-state index contributed by atoms with van der Waals surface area (Å²) in [4.78, 5) is 0. The van der Waals surface area contributed by atoms with Crippen LogP contribution in [0.5, 0.6) is 0 Å². The van der Waals surface area contributed by atoms with E-state index in [1.165, 1.54) is 5.57 Å². The first-order valence-corrected chi connectivity index (χ1v) is 5.26. The molecule has 2 N–H and O–H groups in total. The van der Waals surface area contributed by atoms with Gasteiger partial charge in [0, 0.05) is 12.1 Å². The average Bonchev–Trinajstić information content (AvgIpc) is 2.18. The van der Waals surface area contributed by atoms with Crippen molar-refractivity contribution in [1.29, 1.82) is 0 Å². The van der Waals surface area contributed by atoms with Crippen LogP contribution in [0.4, 0.5) is 4.39 Å². The van der Waals surface area contributed by atoms with E-state index < -0.39 is 0 Å². The summed E-state index contributed by atoms with van der Waals surface area (Å²) in [6, 6.07) is 3.41. The first kappa shape index (κ1) is 11.9. The van der Waals surface area contributed by atoms with Gasteiger partial charge < -0.3 is 5.73 Å². The van der Waals surface area contributed by atoms with E-state index in [4.69, 9.17) is 5.73 Å². The number of hydrogen-bond acceptors (Lipinski definition) is 1. The van der Waals surface area contributed by atoms with Crippen LogP contribution in [0.3, 0.4) is 0 Å². The number of halogens is 1. The Morgan fingerprint density at radius 2 is 2.13 bits per heavy atom. The lowest BCUT2D eigenvalue weighted by molar-refractivity contribution is 0.609. The van der Waals surface area contributed by atoms with Gasteiger partial charge in [0.05, 0.1) is 0 Å². The molecule has 0 saturated heterocycles. The molecule has 0 bridgehead atoms. The lowest BCUT2D eigenvalue weighted by atomic mass is 9.98. The van der Waals surface area contributed by atoms with Gasteiger partial charge in [0.15, 0.2) is 0 Å². The van der Waals surface area contributed by atoms with Crippen molar-refractivity contribution < 1.29 is 4.39 Å². The molecule has 0 amide bonds. The SMILES string of the molecule is CC/C=C(/C)c1cc(CN)c(F)cc1C. The van der Waals surface area contributed by atoms with Crippen molar-refractivity contribution in [3.05, 3.63) is 40.7 Å². The number of aryl methyl sites for hydroxylation is 1. The summed E-state index contributed by atoms with van der Waals surface area (Å²) in [7, 11) is 0. The van der Waals surface area contributed by atoms with Crippen LogP contribution in [0, 0.1) is 12.7 Å². The third-order valence-corrected chi connectivity index (χ3v) is 2.55. The maximum atomic E-state index is 13.4. The van der Waals surface area contributed by atoms with Gasteiger partial charge in [0.2, 0.25) is 0 Å². The Morgan fingerprint density at radius 1 is 1.47 bits per heavy atom. The maximum absolute atomic E-state index is 13.4. The molecule has 0 aliphatic rings. The van der Waals surface area contributed by atoms with Crippen LogP contribution in [0.1, 0.15) is 37.0 Å². The lowest BCUT2D eigenvalue weighted by Crippen LogP contribution is -2.02. The molecule has 0 atom stereocenters. The van der Waals surface area contributed by atoms with E-state index in [0.29, 0.717) is 5.56 Å². The zero-order chi connectivity index (χ0) is 11.4. The maximum Gasteiger partial charge on any atom is 0.127 e. The van der Waals surface area contributed by atoms with Gasteiger partial charge in [-0.05, 0) is 49.1 Å². The van der Waals surface area contributed by atoms with Gasteiger partial charge in [0.25, 0.3) is 0 Å².